The van der Waals surface area contributed by atoms with E-state index in [1.54, 1.807) is 12.1 Å². The summed E-state index contributed by atoms with van der Waals surface area (Å²) in [4.78, 5) is 14.2. The lowest BCUT2D eigenvalue weighted by molar-refractivity contribution is -0.384. The summed E-state index contributed by atoms with van der Waals surface area (Å²) >= 11 is 0. The number of nitro groups is 1. The SMILES string of the molecule is COc1cc([N+](=O)[O-])ccc1Oc1ncccc1CO. The van der Waals surface area contributed by atoms with E-state index in [1.165, 1.54) is 31.5 Å². The number of ether oxygens (including phenoxy) is 2. The summed E-state index contributed by atoms with van der Waals surface area (Å²) < 4.78 is 10.6. The van der Waals surface area contributed by atoms with E-state index in [1.807, 2.05) is 0 Å². The van der Waals surface area contributed by atoms with Crippen LogP contribution in [0.2, 0.25) is 0 Å². The Bertz CT molecular complexity index is 630. The molecule has 7 nitrogen and oxygen atoms in total. The number of methoxy groups -OCH3 is 1. The van der Waals surface area contributed by atoms with Crippen molar-refractivity contribution < 1.29 is 19.5 Å². The highest BCUT2D eigenvalue weighted by molar-refractivity contribution is 5.50. The Labute approximate surface area is 114 Å². The van der Waals surface area contributed by atoms with Crippen LogP contribution in [0.25, 0.3) is 0 Å². The zero-order chi connectivity index (χ0) is 14.5. The molecule has 20 heavy (non-hydrogen) atoms. The van der Waals surface area contributed by atoms with Crippen LogP contribution in [0.15, 0.2) is 36.5 Å². The molecule has 0 aliphatic heterocycles. The van der Waals surface area contributed by atoms with E-state index in [9.17, 15) is 15.2 Å². The second-order valence-corrected chi connectivity index (χ2v) is 3.82. The minimum atomic E-state index is -0.522. The molecule has 2 rings (SSSR count). The maximum absolute atomic E-state index is 10.7. The van der Waals surface area contributed by atoms with Crippen LogP contribution < -0.4 is 9.47 Å². The second kappa shape index (κ2) is 5.98. The number of non-ortho nitro benzene ring substituents is 1. The van der Waals surface area contributed by atoms with Crippen LogP contribution in [0.5, 0.6) is 17.4 Å². The summed E-state index contributed by atoms with van der Waals surface area (Å²) in [7, 11) is 1.39. The predicted octanol–water partition coefficient (Wildman–Crippen LogP) is 2.28. The number of benzene rings is 1. The van der Waals surface area contributed by atoms with E-state index >= 15 is 0 Å². The fourth-order valence-electron chi connectivity index (χ4n) is 1.59. The summed E-state index contributed by atoms with van der Waals surface area (Å²) in [5.41, 5.74) is 0.408. The third-order valence-electron chi connectivity index (χ3n) is 2.58. The van der Waals surface area contributed by atoms with E-state index in [0.29, 0.717) is 5.56 Å². The van der Waals surface area contributed by atoms with E-state index < -0.39 is 4.92 Å². The molecule has 0 atom stereocenters. The van der Waals surface area contributed by atoms with E-state index in [0.717, 1.165) is 0 Å². The minimum absolute atomic E-state index is 0.0994. The Balaban J connectivity index is 2.36. The largest absolute Gasteiger partial charge is 0.493 e. The van der Waals surface area contributed by atoms with Crippen molar-refractivity contribution in [1.29, 1.82) is 0 Å². The van der Waals surface area contributed by atoms with Crippen molar-refractivity contribution in [3.8, 4) is 17.4 Å². The number of nitro benzene ring substituents is 1. The number of aliphatic hydroxyl groups excluding tert-OH is 1. The van der Waals surface area contributed by atoms with Gasteiger partial charge in [0.1, 0.15) is 0 Å². The van der Waals surface area contributed by atoms with E-state index in [4.69, 9.17) is 9.47 Å². The van der Waals surface area contributed by atoms with Gasteiger partial charge >= 0.3 is 0 Å². The molecule has 0 saturated heterocycles. The number of hydrogen-bond acceptors (Lipinski definition) is 6. The van der Waals surface area contributed by atoms with Gasteiger partial charge in [-0.2, -0.15) is 0 Å². The average Bonchev–Trinajstić information content (AvgIpc) is 2.48. The van der Waals surface area contributed by atoms with Gasteiger partial charge in [-0.25, -0.2) is 4.98 Å². The zero-order valence-electron chi connectivity index (χ0n) is 10.6. The first-order valence-corrected chi connectivity index (χ1v) is 5.70. The lowest BCUT2D eigenvalue weighted by atomic mass is 10.2. The topological polar surface area (TPSA) is 94.7 Å². The molecule has 0 unspecified atom stereocenters. The molecule has 0 aliphatic carbocycles. The molecule has 0 saturated carbocycles. The maximum Gasteiger partial charge on any atom is 0.273 e. The van der Waals surface area contributed by atoms with Gasteiger partial charge in [-0.1, -0.05) is 0 Å². The van der Waals surface area contributed by atoms with Gasteiger partial charge in [0.05, 0.1) is 24.7 Å². The summed E-state index contributed by atoms with van der Waals surface area (Å²) in [6.45, 7) is -0.224. The van der Waals surface area contributed by atoms with Gasteiger partial charge in [0, 0.05) is 17.8 Å². The van der Waals surface area contributed by atoms with Crippen LogP contribution >= 0.6 is 0 Å². The first-order valence-electron chi connectivity index (χ1n) is 5.70. The van der Waals surface area contributed by atoms with Crippen LogP contribution in [0.4, 0.5) is 5.69 Å². The average molecular weight is 276 g/mol. The Kier molecular flexibility index (Phi) is 4.11. The first-order chi connectivity index (χ1) is 9.65. The van der Waals surface area contributed by atoms with Crippen LogP contribution in [-0.4, -0.2) is 22.1 Å². The molecule has 104 valence electrons. The third-order valence-corrected chi connectivity index (χ3v) is 2.58. The third kappa shape index (κ3) is 2.83. The molecular formula is C13H12N2O5. The van der Waals surface area contributed by atoms with Gasteiger partial charge in [-0.3, -0.25) is 10.1 Å². The molecule has 1 aromatic carbocycles. The number of hydrogen-bond donors (Lipinski definition) is 1. The Morgan fingerprint density at radius 3 is 2.80 bits per heavy atom. The van der Waals surface area contributed by atoms with Crippen LogP contribution in [0, 0.1) is 10.1 Å². The monoisotopic (exact) mass is 276 g/mol. The quantitative estimate of drug-likeness (QED) is 0.665. The van der Waals surface area contributed by atoms with Crippen molar-refractivity contribution in [2.75, 3.05) is 7.11 Å². The smallest absolute Gasteiger partial charge is 0.273 e. The molecule has 0 radical (unpaired) electrons. The van der Waals surface area contributed by atoms with Crippen molar-refractivity contribution in [3.63, 3.8) is 0 Å². The fourth-order valence-corrected chi connectivity index (χ4v) is 1.59. The Morgan fingerprint density at radius 1 is 1.35 bits per heavy atom. The molecule has 0 bridgehead atoms. The highest BCUT2D eigenvalue weighted by Crippen LogP contribution is 2.34. The number of aliphatic hydroxyl groups is 1. The van der Waals surface area contributed by atoms with Gasteiger partial charge in [0.2, 0.25) is 5.88 Å². The zero-order valence-corrected chi connectivity index (χ0v) is 10.6. The molecular weight excluding hydrogens is 264 g/mol. The Morgan fingerprint density at radius 2 is 2.15 bits per heavy atom. The first kappa shape index (κ1) is 13.8. The second-order valence-electron chi connectivity index (χ2n) is 3.82. The molecule has 1 N–H and O–H groups in total. The van der Waals surface area contributed by atoms with Crippen molar-refractivity contribution in [2.24, 2.45) is 0 Å². The minimum Gasteiger partial charge on any atom is -0.493 e. The van der Waals surface area contributed by atoms with Gasteiger partial charge < -0.3 is 14.6 Å². The summed E-state index contributed by atoms with van der Waals surface area (Å²) in [6, 6.07) is 7.33. The lowest BCUT2D eigenvalue weighted by Crippen LogP contribution is -1.97. The molecule has 1 heterocycles. The molecule has 0 aliphatic rings. The Hall–Kier alpha value is -2.67. The molecule has 1 aromatic heterocycles. The van der Waals surface area contributed by atoms with Gasteiger partial charge in [-0.15, -0.1) is 0 Å². The van der Waals surface area contributed by atoms with Crippen molar-refractivity contribution in [1.82, 2.24) is 4.98 Å². The van der Waals surface area contributed by atoms with E-state index in [2.05, 4.69) is 4.98 Å². The maximum atomic E-state index is 10.7. The molecule has 0 spiro atoms. The van der Waals surface area contributed by atoms with Crippen LogP contribution in [-0.2, 0) is 6.61 Å². The fraction of sp³-hybridized carbons (Fsp3) is 0.154. The summed E-state index contributed by atoms with van der Waals surface area (Å²) in [5.74, 6) is 0.724. The van der Waals surface area contributed by atoms with Crippen molar-refractivity contribution in [2.45, 2.75) is 6.61 Å². The van der Waals surface area contributed by atoms with Gasteiger partial charge in [-0.05, 0) is 18.2 Å². The normalized spacial score (nSPS) is 10.1. The highest BCUT2D eigenvalue weighted by atomic mass is 16.6. The summed E-state index contributed by atoms with van der Waals surface area (Å²) in [5, 5.41) is 19.9. The molecule has 7 heteroatoms. The predicted molar refractivity (Wildman–Crippen MR) is 69.9 cm³/mol. The van der Waals surface area contributed by atoms with Crippen molar-refractivity contribution >= 4 is 5.69 Å². The highest BCUT2D eigenvalue weighted by Gasteiger charge is 2.14. The van der Waals surface area contributed by atoms with Gasteiger partial charge in [0.15, 0.2) is 11.5 Å². The number of nitrogens with zero attached hydrogens (tertiary/aromatic N) is 2. The van der Waals surface area contributed by atoms with Gasteiger partial charge in [0.25, 0.3) is 5.69 Å². The molecule has 0 fully saturated rings. The molecule has 0 amide bonds. The number of aromatic nitrogens is 1. The number of rotatable bonds is 5. The lowest BCUT2D eigenvalue weighted by Gasteiger charge is -2.11. The standard InChI is InChI=1S/C13H12N2O5/c1-19-12-7-10(15(17)18)4-5-11(12)20-13-9(8-16)3-2-6-14-13/h2-7,16H,8H2,1H3. The summed E-state index contributed by atoms with van der Waals surface area (Å²) in [6.07, 6.45) is 1.52. The van der Waals surface area contributed by atoms with Crippen LogP contribution in [0.3, 0.4) is 0 Å². The number of pyridine rings is 1. The van der Waals surface area contributed by atoms with Crippen LogP contribution in [0.1, 0.15) is 5.56 Å². The van der Waals surface area contributed by atoms with E-state index in [-0.39, 0.29) is 29.7 Å². The van der Waals surface area contributed by atoms with Crippen molar-refractivity contribution in [3.05, 3.63) is 52.2 Å². The molecule has 2 aromatic rings.